The summed E-state index contributed by atoms with van der Waals surface area (Å²) in [5.41, 5.74) is 11.4. The summed E-state index contributed by atoms with van der Waals surface area (Å²) in [7, 11) is 0. The number of carbonyl (C=O) groups excluding carboxylic acids is 4. The molecule has 0 fully saturated rings. The summed E-state index contributed by atoms with van der Waals surface area (Å²) in [6, 6.07) is -5.73. The van der Waals surface area contributed by atoms with Crippen molar-refractivity contribution in [2.24, 2.45) is 17.4 Å². The van der Waals surface area contributed by atoms with Crippen molar-refractivity contribution >= 4 is 35.6 Å². The summed E-state index contributed by atoms with van der Waals surface area (Å²) in [5, 5.41) is 25.2. The quantitative estimate of drug-likeness (QED) is 0.123. The van der Waals surface area contributed by atoms with E-state index >= 15 is 0 Å². The molecule has 1 aromatic rings. The van der Waals surface area contributed by atoms with E-state index in [0.29, 0.717) is 12.1 Å². The highest BCUT2D eigenvalue weighted by Crippen LogP contribution is 2.07. The van der Waals surface area contributed by atoms with E-state index in [1.807, 2.05) is 0 Å². The van der Waals surface area contributed by atoms with Crippen LogP contribution in [0.25, 0.3) is 0 Å². The zero-order chi connectivity index (χ0) is 26.7. The summed E-state index contributed by atoms with van der Waals surface area (Å²) in [6.45, 7) is 3.49. The lowest BCUT2D eigenvalue weighted by molar-refractivity contribution is -0.143. The van der Waals surface area contributed by atoms with E-state index in [1.165, 1.54) is 12.5 Å². The van der Waals surface area contributed by atoms with E-state index in [-0.39, 0.29) is 12.3 Å². The smallest absolute Gasteiger partial charge is 0.326 e. The molecular formula is C20H31N7O8. The fourth-order valence-corrected chi connectivity index (χ4v) is 2.94. The van der Waals surface area contributed by atoms with Crippen LogP contribution in [0, 0.1) is 5.92 Å². The third kappa shape index (κ3) is 9.79. The predicted molar refractivity (Wildman–Crippen MR) is 119 cm³/mol. The molecule has 0 saturated carbocycles. The molecule has 4 amide bonds. The third-order valence-electron chi connectivity index (χ3n) is 5.20. The Morgan fingerprint density at radius 1 is 0.971 bits per heavy atom. The average Bonchev–Trinajstić information content (AvgIpc) is 3.28. The molecule has 35 heavy (non-hydrogen) atoms. The highest BCUT2D eigenvalue weighted by atomic mass is 16.4. The number of primary amides is 1. The number of nitrogens with one attached hydrogen (secondary N) is 4. The summed E-state index contributed by atoms with van der Waals surface area (Å²) >= 11 is 0. The molecule has 0 aliphatic rings. The van der Waals surface area contributed by atoms with Gasteiger partial charge in [-0.1, -0.05) is 20.3 Å². The van der Waals surface area contributed by atoms with Gasteiger partial charge < -0.3 is 42.6 Å². The molecule has 0 radical (unpaired) electrons. The fourth-order valence-electron chi connectivity index (χ4n) is 2.94. The molecule has 5 atom stereocenters. The van der Waals surface area contributed by atoms with Gasteiger partial charge in [-0.05, 0) is 5.92 Å². The first-order valence-corrected chi connectivity index (χ1v) is 10.7. The molecule has 0 aliphatic carbocycles. The predicted octanol–water partition coefficient (Wildman–Crippen LogP) is -2.79. The number of imidazole rings is 1. The lowest BCUT2D eigenvalue weighted by Crippen LogP contribution is -2.58. The molecule has 0 saturated heterocycles. The largest absolute Gasteiger partial charge is 0.481 e. The Bertz CT molecular complexity index is 921. The molecular weight excluding hydrogens is 466 g/mol. The number of aliphatic carboxylic acids is 2. The maximum Gasteiger partial charge on any atom is 0.326 e. The second kappa shape index (κ2) is 13.6. The molecule has 0 spiro atoms. The minimum Gasteiger partial charge on any atom is -0.481 e. The number of nitrogens with two attached hydrogens (primary N) is 2. The maximum atomic E-state index is 12.8. The first-order chi connectivity index (χ1) is 16.3. The number of carbonyl (C=O) groups is 6. The molecule has 1 aromatic heterocycles. The van der Waals surface area contributed by atoms with Gasteiger partial charge in [0.25, 0.3) is 0 Å². The van der Waals surface area contributed by atoms with Gasteiger partial charge in [-0.2, -0.15) is 0 Å². The molecule has 0 bridgehead atoms. The number of nitrogens with zero attached hydrogens (tertiary/aromatic N) is 1. The van der Waals surface area contributed by atoms with Crippen LogP contribution >= 0.6 is 0 Å². The van der Waals surface area contributed by atoms with Crippen molar-refractivity contribution in [2.45, 2.75) is 63.7 Å². The molecule has 0 aliphatic heterocycles. The monoisotopic (exact) mass is 497 g/mol. The highest BCUT2D eigenvalue weighted by Gasteiger charge is 2.33. The van der Waals surface area contributed by atoms with Gasteiger partial charge in [0.2, 0.25) is 23.6 Å². The zero-order valence-electron chi connectivity index (χ0n) is 19.3. The van der Waals surface area contributed by atoms with Crippen LogP contribution in [0.15, 0.2) is 12.5 Å². The van der Waals surface area contributed by atoms with Crippen molar-refractivity contribution in [1.29, 1.82) is 0 Å². The zero-order valence-corrected chi connectivity index (χ0v) is 19.3. The van der Waals surface area contributed by atoms with Crippen molar-refractivity contribution in [1.82, 2.24) is 25.9 Å². The highest BCUT2D eigenvalue weighted by molar-refractivity contribution is 5.97. The van der Waals surface area contributed by atoms with Gasteiger partial charge in [0.05, 0.1) is 25.2 Å². The van der Waals surface area contributed by atoms with Gasteiger partial charge in [0.1, 0.15) is 18.1 Å². The SMILES string of the molecule is CCC(C)C(N)C(=O)NC(CC(=O)O)C(=O)NC(CC(N)=O)C(=O)NC(Cc1cnc[nH]1)C(=O)O. The van der Waals surface area contributed by atoms with E-state index in [9.17, 15) is 33.9 Å². The number of rotatable bonds is 15. The van der Waals surface area contributed by atoms with Crippen LogP contribution in [-0.2, 0) is 35.2 Å². The van der Waals surface area contributed by atoms with Crippen molar-refractivity contribution in [3.8, 4) is 0 Å². The number of hydrogen-bond donors (Lipinski definition) is 8. The van der Waals surface area contributed by atoms with Gasteiger partial charge in [0.15, 0.2) is 0 Å². The van der Waals surface area contributed by atoms with Crippen LogP contribution in [0.2, 0.25) is 0 Å². The normalized spacial score (nSPS) is 15.1. The minimum absolute atomic E-state index is 0.177. The number of carboxylic acids is 2. The standard InChI is InChI=1S/C20H31N7O8/c1-3-9(2)16(22)19(33)26-12(6-15(29)30)18(32)25-11(5-14(21)28)17(31)27-13(20(34)35)4-10-7-23-8-24-10/h7-9,11-13,16H,3-6,22H2,1-2H3,(H2,21,28)(H,23,24)(H,25,32)(H,26,33)(H,27,31)(H,29,30)(H,34,35). The topological polar surface area (TPSA) is 260 Å². The number of aromatic amines is 1. The Hall–Kier alpha value is -4.01. The third-order valence-corrected chi connectivity index (χ3v) is 5.20. The Balaban J connectivity index is 3.01. The summed E-state index contributed by atoms with van der Waals surface area (Å²) in [5.74, 6) is -7.01. The fraction of sp³-hybridized carbons (Fsp3) is 0.550. The van der Waals surface area contributed by atoms with Crippen LogP contribution in [0.1, 0.15) is 38.8 Å². The summed E-state index contributed by atoms with van der Waals surface area (Å²) in [4.78, 5) is 78.6. The second-order valence-electron chi connectivity index (χ2n) is 7.98. The Morgan fingerprint density at radius 2 is 1.51 bits per heavy atom. The molecule has 10 N–H and O–H groups in total. The lowest BCUT2D eigenvalue weighted by atomic mass is 9.99. The Morgan fingerprint density at radius 3 is 1.97 bits per heavy atom. The number of hydrogen-bond acceptors (Lipinski definition) is 8. The van der Waals surface area contributed by atoms with Crippen LogP contribution < -0.4 is 27.4 Å². The van der Waals surface area contributed by atoms with E-state index in [1.54, 1.807) is 13.8 Å². The van der Waals surface area contributed by atoms with Crippen LogP contribution in [0.3, 0.4) is 0 Å². The van der Waals surface area contributed by atoms with Gasteiger partial charge in [-0.3, -0.25) is 24.0 Å². The van der Waals surface area contributed by atoms with E-state index in [0.717, 1.165) is 0 Å². The van der Waals surface area contributed by atoms with Gasteiger partial charge in [-0.15, -0.1) is 0 Å². The van der Waals surface area contributed by atoms with Gasteiger partial charge in [0, 0.05) is 18.3 Å². The average molecular weight is 498 g/mol. The first kappa shape index (κ1) is 29.0. The van der Waals surface area contributed by atoms with Gasteiger partial charge in [-0.25, -0.2) is 9.78 Å². The molecule has 1 heterocycles. The maximum absolute atomic E-state index is 12.8. The van der Waals surface area contributed by atoms with Crippen molar-refractivity contribution < 1.29 is 39.0 Å². The Labute approximate surface area is 200 Å². The van der Waals surface area contributed by atoms with Crippen LogP contribution in [0.5, 0.6) is 0 Å². The molecule has 0 aromatic carbocycles. The molecule has 194 valence electrons. The summed E-state index contributed by atoms with van der Waals surface area (Å²) < 4.78 is 0. The first-order valence-electron chi connectivity index (χ1n) is 10.7. The van der Waals surface area contributed by atoms with E-state index in [2.05, 4.69) is 25.9 Å². The number of H-pyrrole nitrogens is 1. The second-order valence-corrected chi connectivity index (χ2v) is 7.98. The van der Waals surface area contributed by atoms with Crippen molar-refractivity contribution in [2.75, 3.05) is 0 Å². The lowest BCUT2D eigenvalue weighted by Gasteiger charge is -2.25. The van der Waals surface area contributed by atoms with E-state index in [4.69, 9.17) is 16.6 Å². The number of amides is 4. The minimum atomic E-state index is -1.64. The molecule has 1 rings (SSSR count). The number of aromatic nitrogens is 2. The Kier molecular flexibility index (Phi) is 11.3. The molecule has 15 heteroatoms. The molecule has 5 unspecified atom stereocenters. The van der Waals surface area contributed by atoms with E-state index < -0.39 is 72.6 Å². The van der Waals surface area contributed by atoms with Gasteiger partial charge >= 0.3 is 11.9 Å². The number of carboxylic acid groups (broad SMARTS) is 2. The summed E-state index contributed by atoms with van der Waals surface area (Å²) in [6.07, 6.45) is 1.49. The molecule has 15 nitrogen and oxygen atoms in total. The van der Waals surface area contributed by atoms with Crippen molar-refractivity contribution in [3.05, 3.63) is 18.2 Å². The van der Waals surface area contributed by atoms with Crippen LogP contribution in [-0.4, -0.2) is 79.9 Å². The van der Waals surface area contributed by atoms with Crippen molar-refractivity contribution in [3.63, 3.8) is 0 Å². The van der Waals surface area contributed by atoms with Crippen LogP contribution in [0.4, 0.5) is 0 Å².